The van der Waals surface area contributed by atoms with Crippen LogP contribution in [0.2, 0.25) is 0 Å². The van der Waals surface area contributed by atoms with Crippen molar-refractivity contribution in [1.82, 2.24) is 15.3 Å². The third-order valence-corrected chi connectivity index (χ3v) is 4.63. The van der Waals surface area contributed by atoms with Gasteiger partial charge in [0, 0.05) is 17.8 Å². The van der Waals surface area contributed by atoms with E-state index < -0.39 is 0 Å². The molecular formula is C14H22N4OS. The van der Waals surface area contributed by atoms with Crippen LogP contribution in [0.15, 0.2) is 12.4 Å². The number of carbonyl (C=O) groups excluding carboxylic acids is 1. The van der Waals surface area contributed by atoms with Crippen molar-refractivity contribution in [2.45, 2.75) is 43.9 Å². The number of hydrogen-bond donors (Lipinski definition) is 2. The number of rotatable bonds is 5. The van der Waals surface area contributed by atoms with E-state index in [-0.39, 0.29) is 11.9 Å². The maximum absolute atomic E-state index is 12.1. The summed E-state index contributed by atoms with van der Waals surface area (Å²) in [4.78, 5) is 20.5. The van der Waals surface area contributed by atoms with E-state index in [0.29, 0.717) is 16.8 Å². The molecule has 0 aliphatic heterocycles. The monoisotopic (exact) mass is 294 g/mol. The van der Waals surface area contributed by atoms with E-state index in [9.17, 15) is 4.79 Å². The molecule has 1 fully saturated rings. The molecule has 0 saturated heterocycles. The molecule has 1 aromatic rings. The second-order valence-corrected chi connectivity index (χ2v) is 6.15. The van der Waals surface area contributed by atoms with E-state index in [0.717, 1.165) is 19.4 Å². The van der Waals surface area contributed by atoms with Crippen molar-refractivity contribution in [3.05, 3.63) is 18.1 Å². The predicted octanol–water partition coefficient (Wildman–Crippen LogP) is 2.31. The predicted molar refractivity (Wildman–Crippen MR) is 83.2 cm³/mol. The lowest BCUT2D eigenvalue weighted by Gasteiger charge is -2.28. The molecule has 2 unspecified atom stereocenters. The fourth-order valence-electron chi connectivity index (χ4n) is 2.47. The van der Waals surface area contributed by atoms with Crippen LogP contribution in [0.5, 0.6) is 0 Å². The van der Waals surface area contributed by atoms with Gasteiger partial charge in [-0.05, 0) is 32.4 Å². The summed E-state index contributed by atoms with van der Waals surface area (Å²) >= 11 is 1.89. The van der Waals surface area contributed by atoms with Crippen LogP contribution in [0.4, 0.5) is 5.82 Å². The first-order chi connectivity index (χ1) is 9.72. The molecule has 0 radical (unpaired) electrons. The van der Waals surface area contributed by atoms with Gasteiger partial charge >= 0.3 is 0 Å². The molecule has 1 heterocycles. The molecule has 1 amide bonds. The minimum atomic E-state index is -0.118. The van der Waals surface area contributed by atoms with Crippen LogP contribution in [0.3, 0.4) is 0 Å². The fraction of sp³-hybridized carbons (Fsp3) is 0.643. The van der Waals surface area contributed by atoms with Crippen molar-refractivity contribution in [2.75, 3.05) is 18.1 Å². The number of hydrogen-bond acceptors (Lipinski definition) is 5. The van der Waals surface area contributed by atoms with E-state index >= 15 is 0 Å². The number of aromatic nitrogens is 2. The molecule has 20 heavy (non-hydrogen) atoms. The molecule has 0 spiro atoms. The first-order valence-corrected chi connectivity index (χ1v) is 8.41. The number of amides is 1. The van der Waals surface area contributed by atoms with Gasteiger partial charge in [0.15, 0.2) is 0 Å². The number of nitrogens with zero attached hydrogens (tertiary/aromatic N) is 2. The van der Waals surface area contributed by atoms with Crippen LogP contribution in [-0.4, -0.2) is 40.0 Å². The SMILES string of the molecule is CCNc1cnc(C(=O)NC2CCCC(SC)C2)cn1. The Balaban J connectivity index is 1.90. The Labute approximate surface area is 124 Å². The minimum Gasteiger partial charge on any atom is -0.369 e. The van der Waals surface area contributed by atoms with Crippen LogP contribution in [0, 0.1) is 0 Å². The second kappa shape index (κ2) is 7.47. The highest BCUT2D eigenvalue weighted by molar-refractivity contribution is 7.99. The molecule has 6 heteroatoms. The van der Waals surface area contributed by atoms with Gasteiger partial charge in [-0.25, -0.2) is 9.97 Å². The van der Waals surface area contributed by atoms with Crippen LogP contribution < -0.4 is 10.6 Å². The highest BCUT2D eigenvalue weighted by Crippen LogP contribution is 2.26. The number of carbonyl (C=O) groups is 1. The summed E-state index contributed by atoms with van der Waals surface area (Å²) in [5.41, 5.74) is 0.387. The van der Waals surface area contributed by atoms with Crippen molar-refractivity contribution in [1.29, 1.82) is 0 Å². The lowest BCUT2D eigenvalue weighted by molar-refractivity contribution is 0.0923. The number of thioether (sulfide) groups is 1. The third kappa shape index (κ3) is 4.10. The zero-order valence-electron chi connectivity index (χ0n) is 12.1. The topological polar surface area (TPSA) is 66.9 Å². The van der Waals surface area contributed by atoms with Crippen molar-refractivity contribution in [2.24, 2.45) is 0 Å². The average molecular weight is 294 g/mol. The zero-order valence-corrected chi connectivity index (χ0v) is 12.9. The van der Waals surface area contributed by atoms with Crippen molar-refractivity contribution in [3.63, 3.8) is 0 Å². The van der Waals surface area contributed by atoms with Gasteiger partial charge in [-0.1, -0.05) is 6.42 Å². The van der Waals surface area contributed by atoms with Crippen LogP contribution in [-0.2, 0) is 0 Å². The van der Waals surface area contributed by atoms with Crippen LogP contribution in [0.25, 0.3) is 0 Å². The Hall–Kier alpha value is -1.30. The minimum absolute atomic E-state index is 0.118. The fourth-order valence-corrected chi connectivity index (χ4v) is 3.29. The molecule has 110 valence electrons. The average Bonchev–Trinajstić information content (AvgIpc) is 2.48. The lowest BCUT2D eigenvalue weighted by Crippen LogP contribution is -2.39. The van der Waals surface area contributed by atoms with E-state index in [2.05, 4.69) is 26.9 Å². The summed E-state index contributed by atoms with van der Waals surface area (Å²) in [6, 6.07) is 0.268. The largest absolute Gasteiger partial charge is 0.369 e. The Morgan fingerprint density at radius 1 is 1.40 bits per heavy atom. The molecule has 2 atom stereocenters. The Bertz CT molecular complexity index is 437. The molecule has 5 nitrogen and oxygen atoms in total. The first-order valence-electron chi connectivity index (χ1n) is 7.12. The van der Waals surface area contributed by atoms with Gasteiger partial charge in [0.25, 0.3) is 5.91 Å². The summed E-state index contributed by atoms with van der Waals surface area (Å²) in [5, 5.41) is 6.80. The summed E-state index contributed by atoms with van der Waals surface area (Å²) in [5.74, 6) is 0.580. The molecule has 1 aromatic heterocycles. The molecule has 1 aliphatic rings. The summed E-state index contributed by atoms with van der Waals surface area (Å²) in [6.07, 6.45) is 9.82. The summed E-state index contributed by atoms with van der Waals surface area (Å²) < 4.78 is 0. The molecule has 2 N–H and O–H groups in total. The standard InChI is InChI=1S/C14H22N4OS/c1-3-15-13-9-16-12(8-17-13)14(19)18-10-5-4-6-11(7-10)20-2/h8-11H,3-7H2,1-2H3,(H,15,17)(H,18,19). The van der Waals surface area contributed by atoms with Crippen molar-refractivity contribution >= 4 is 23.5 Å². The van der Waals surface area contributed by atoms with Crippen LogP contribution in [0.1, 0.15) is 43.1 Å². The van der Waals surface area contributed by atoms with Gasteiger partial charge in [0.1, 0.15) is 11.5 Å². The summed E-state index contributed by atoms with van der Waals surface area (Å²) in [6.45, 7) is 2.78. The Kier molecular flexibility index (Phi) is 5.64. The van der Waals surface area contributed by atoms with Gasteiger partial charge in [-0.15, -0.1) is 0 Å². The molecule has 1 saturated carbocycles. The van der Waals surface area contributed by atoms with Gasteiger partial charge in [-0.2, -0.15) is 11.8 Å². The van der Waals surface area contributed by atoms with E-state index in [1.165, 1.54) is 19.0 Å². The molecular weight excluding hydrogens is 272 g/mol. The Morgan fingerprint density at radius 2 is 2.25 bits per heavy atom. The summed E-state index contributed by atoms with van der Waals surface area (Å²) in [7, 11) is 0. The lowest BCUT2D eigenvalue weighted by atomic mass is 9.95. The number of nitrogens with one attached hydrogen (secondary N) is 2. The van der Waals surface area contributed by atoms with Gasteiger partial charge in [-0.3, -0.25) is 4.79 Å². The maximum atomic E-state index is 12.1. The van der Waals surface area contributed by atoms with Crippen molar-refractivity contribution in [3.8, 4) is 0 Å². The third-order valence-electron chi connectivity index (χ3n) is 3.54. The maximum Gasteiger partial charge on any atom is 0.271 e. The molecule has 1 aliphatic carbocycles. The van der Waals surface area contributed by atoms with Gasteiger partial charge in [0.05, 0.1) is 12.4 Å². The number of anilines is 1. The van der Waals surface area contributed by atoms with Crippen LogP contribution >= 0.6 is 11.8 Å². The Morgan fingerprint density at radius 3 is 2.90 bits per heavy atom. The zero-order chi connectivity index (χ0) is 14.4. The second-order valence-electron chi connectivity index (χ2n) is 5.01. The first kappa shape index (κ1) is 15.1. The quantitative estimate of drug-likeness (QED) is 0.872. The molecule has 0 bridgehead atoms. The van der Waals surface area contributed by atoms with Gasteiger partial charge < -0.3 is 10.6 Å². The van der Waals surface area contributed by atoms with Gasteiger partial charge in [0.2, 0.25) is 0 Å². The molecule has 0 aromatic carbocycles. The smallest absolute Gasteiger partial charge is 0.271 e. The normalized spacial score (nSPS) is 22.3. The highest BCUT2D eigenvalue weighted by Gasteiger charge is 2.23. The van der Waals surface area contributed by atoms with E-state index in [1.807, 2.05) is 18.7 Å². The van der Waals surface area contributed by atoms with E-state index in [4.69, 9.17) is 0 Å². The van der Waals surface area contributed by atoms with Crippen molar-refractivity contribution < 1.29 is 4.79 Å². The van der Waals surface area contributed by atoms with E-state index in [1.54, 1.807) is 6.20 Å². The highest BCUT2D eigenvalue weighted by atomic mass is 32.2. The molecule has 2 rings (SSSR count).